The molecule has 0 N–H and O–H groups in total. The predicted molar refractivity (Wildman–Crippen MR) is 89.2 cm³/mol. The molecule has 0 atom stereocenters. The second-order valence-corrected chi connectivity index (χ2v) is 5.76. The molecule has 3 aromatic carbocycles. The average Bonchev–Trinajstić information content (AvgIpc) is 2.49. The van der Waals surface area contributed by atoms with Gasteiger partial charge in [0.2, 0.25) is 0 Å². The van der Waals surface area contributed by atoms with Gasteiger partial charge in [-0.2, -0.15) is 0 Å². The second kappa shape index (κ2) is 5.98. The number of fused-ring (bicyclic) bond motifs is 1. The first-order valence-electron chi connectivity index (χ1n) is 6.75. The number of hydrogen-bond acceptors (Lipinski definition) is 1. The Balaban J connectivity index is 1.97. The number of hydrogen-bond donors (Lipinski definition) is 0. The molecule has 0 amide bonds. The first-order chi connectivity index (χ1) is 9.86. The number of benzene rings is 3. The fourth-order valence-corrected chi connectivity index (χ4v) is 3.23. The molecule has 3 rings (SSSR count). The van der Waals surface area contributed by atoms with Crippen molar-refractivity contribution in [2.24, 2.45) is 0 Å². The molecular weight excluding hydrogens is 260 g/mol. The second-order valence-electron chi connectivity index (χ2n) is 4.65. The Morgan fingerprint density at radius 1 is 0.800 bits per heavy atom. The highest BCUT2D eigenvalue weighted by Crippen LogP contribution is 2.32. The van der Waals surface area contributed by atoms with Gasteiger partial charge in [-0.15, -0.1) is 0 Å². The standard InChI is InChI=1S/C19H16S/c1-2-7-16-9-5-6-11-19(16)20-18-13-12-15-8-3-4-10-17(15)14-18/h2-14H,1H3/b7-2+. The van der Waals surface area contributed by atoms with Crippen LogP contribution < -0.4 is 0 Å². The third kappa shape index (κ3) is 2.78. The van der Waals surface area contributed by atoms with Gasteiger partial charge in [-0.3, -0.25) is 0 Å². The van der Waals surface area contributed by atoms with Gasteiger partial charge in [0.1, 0.15) is 0 Å². The van der Waals surface area contributed by atoms with Crippen LogP contribution in [0.4, 0.5) is 0 Å². The Morgan fingerprint density at radius 3 is 2.40 bits per heavy atom. The molecule has 0 spiro atoms. The quantitative estimate of drug-likeness (QED) is 0.563. The molecule has 98 valence electrons. The van der Waals surface area contributed by atoms with Crippen molar-refractivity contribution in [3.8, 4) is 0 Å². The van der Waals surface area contributed by atoms with Gasteiger partial charge in [-0.05, 0) is 41.5 Å². The largest absolute Gasteiger partial charge is 0.0895 e. The van der Waals surface area contributed by atoms with Crippen LogP contribution in [0.1, 0.15) is 12.5 Å². The van der Waals surface area contributed by atoms with E-state index in [9.17, 15) is 0 Å². The molecule has 0 saturated carbocycles. The van der Waals surface area contributed by atoms with Gasteiger partial charge in [0.15, 0.2) is 0 Å². The van der Waals surface area contributed by atoms with E-state index >= 15 is 0 Å². The Morgan fingerprint density at radius 2 is 1.55 bits per heavy atom. The molecule has 0 bridgehead atoms. The van der Waals surface area contributed by atoms with Crippen LogP contribution in [0, 0.1) is 0 Å². The first-order valence-corrected chi connectivity index (χ1v) is 7.57. The third-order valence-corrected chi connectivity index (χ3v) is 4.30. The Bertz CT molecular complexity index is 756. The van der Waals surface area contributed by atoms with Crippen LogP contribution in [0.2, 0.25) is 0 Å². The highest BCUT2D eigenvalue weighted by molar-refractivity contribution is 7.99. The minimum atomic E-state index is 1.27. The van der Waals surface area contributed by atoms with Gasteiger partial charge in [-0.25, -0.2) is 0 Å². The SMILES string of the molecule is C/C=C/c1ccccc1Sc1ccc2ccccc2c1. The topological polar surface area (TPSA) is 0 Å². The summed E-state index contributed by atoms with van der Waals surface area (Å²) in [5.74, 6) is 0. The molecule has 3 aromatic rings. The molecule has 1 heteroatoms. The van der Waals surface area contributed by atoms with Crippen LogP contribution in [0.25, 0.3) is 16.8 Å². The Kier molecular flexibility index (Phi) is 3.89. The molecule has 0 aliphatic carbocycles. The monoisotopic (exact) mass is 276 g/mol. The van der Waals surface area contributed by atoms with E-state index in [0.717, 1.165) is 0 Å². The lowest BCUT2D eigenvalue weighted by Gasteiger charge is -2.07. The molecule has 20 heavy (non-hydrogen) atoms. The maximum atomic E-state index is 2.26. The maximum Gasteiger partial charge on any atom is 0.0194 e. The summed E-state index contributed by atoms with van der Waals surface area (Å²) in [6.45, 7) is 2.05. The van der Waals surface area contributed by atoms with Crippen molar-refractivity contribution in [3.05, 3.63) is 78.4 Å². The molecule has 0 radical (unpaired) electrons. The van der Waals surface area contributed by atoms with Crippen molar-refractivity contribution in [2.75, 3.05) is 0 Å². The van der Waals surface area contributed by atoms with E-state index in [0.29, 0.717) is 0 Å². The fraction of sp³-hybridized carbons (Fsp3) is 0.0526. The predicted octanol–water partition coefficient (Wildman–Crippen LogP) is 6.02. The van der Waals surface area contributed by atoms with Gasteiger partial charge in [0.05, 0.1) is 0 Å². The number of rotatable bonds is 3. The highest BCUT2D eigenvalue weighted by Gasteiger charge is 2.02. The zero-order valence-electron chi connectivity index (χ0n) is 11.4. The number of allylic oxidation sites excluding steroid dienone is 1. The maximum absolute atomic E-state index is 2.26. The van der Waals surface area contributed by atoms with Crippen molar-refractivity contribution in [1.82, 2.24) is 0 Å². The summed E-state index contributed by atoms with van der Waals surface area (Å²) in [6, 6.07) is 23.6. The lowest BCUT2D eigenvalue weighted by atomic mass is 10.1. The molecule has 0 fully saturated rings. The summed E-state index contributed by atoms with van der Waals surface area (Å²) in [4.78, 5) is 2.57. The highest BCUT2D eigenvalue weighted by atomic mass is 32.2. The third-order valence-electron chi connectivity index (χ3n) is 3.21. The summed E-state index contributed by atoms with van der Waals surface area (Å²) in [6.07, 6.45) is 4.24. The van der Waals surface area contributed by atoms with Gasteiger partial charge in [-0.1, -0.05) is 72.4 Å². The van der Waals surface area contributed by atoms with Gasteiger partial charge in [0, 0.05) is 9.79 Å². The van der Waals surface area contributed by atoms with Gasteiger partial charge >= 0.3 is 0 Å². The lowest BCUT2D eigenvalue weighted by Crippen LogP contribution is -1.80. The minimum absolute atomic E-state index is 1.27. The smallest absolute Gasteiger partial charge is 0.0194 e. The molecule has 0 saturated heterocycles. The van der Waals surface area contributed by atoms with Crippen molar-refractivity contribution in [3.63, 3.8) is 0 Å². The lowest BCUT2D eigenvalue weighted by molar-refractivity contribution is 1.39. The summed E-state index contributed by atoms with van der Waals surface area (Å²) < 4.78 is 0. The van der Waals surface area contributed by atoms with E-state index in [-0.39, 0.29) is 0 Å². The van der Waals surface area contributed by atoms with E-state index in [1.54, 1.807) is 0 Å². The Hall–Kier alpha value is -1.99. The van der Waals surface area contributed by atoms with Crippen LogP contribution in [0.5, 0.6) is 0 Å². The van der Waals surface area contributed by atoms with Gasteiger partial charge < -0.3 is 0 Å². The summed E-state index contributed by atoms with van der Waals surface area (Å²) >= 11 is 1.82. The van der Waals surface area contributed by atoms with Crippen LogP contribution >= 0.6 is 11.8 Å². The van der Waals surface area contributed by atoms with E-state index in [4.69, 9.17) is 0 Å². The molecule has 0 unspecified atom stereocenters. The van der Waals surface area contributed by atoms with E-state index < -0.39 is 0 Å². The summed E-state index contributed by atoms with van der Waals surface area (Å²) in [5, 5.41) is 2.58. The fourth-order valence-electron chi connectivity index (χ4n) is 2.25. The van der Waals surface area contributed by atoms with Crippen LogP contribution in [0.3, 0.4) is 0 Å². The summed E-state index contributed by atoms with van der Waals surface area (Å²) in [7, 11) is 0. The zero-order chi connectivity index (χ0) is 13.8. The van der Waals surface area contributed by atoms with Crippen molar-refractivity contribution in [1.29, 1.82) is 0 Å². The van der Waals surface area contributed by atoms with Crippen LogP contribution in [-0.2, 0) is 0 Å². The van der Waals surface area contributed by atoms with Crippen molar-refractivity contribution >= 4 is 28.6 Å². The normalized spacial score (nSPS) is 11.2. The molecule has 0 aromatic heterocycles. The molecule has 0 aliphatic rings. The Labute approximate surface area is 124 Å². The summed E-state index contributed by atoms with van der Waals surface area (Å²) in [5.41, 5.74) is 1.27. The van der Waals surface area contributed by atoms with E-state index in [1.807, 2.05) is 11.8 Å². The zero-order valence-corrected chi connectivity index (χ0v) is 12.2. The minimum Gasteiger partial charge on any atom is -0.0895 e. The average molecular weight is 276 g/mol. The van der Waals surface area contributed by atoms with Crippen molar-refractivity contribution < 1.29 is 0 Å². The van der Waals surface area contributed by atoms with E-state index in [2.05, 4.69) is 85.8 Å². The van der Waals surface area contributed by atoms with Crippen LogP contribution in [-0.4, -0.2) is 0 Å². The molecule has 0 nitrogen and oxygen atoms in total. The van der Waals surface area contributed by atoms with E-state index in [1.165, 1.54) is 26.1 Å². The van der Waals surface area contributed by atoms with Crippen molar-refractivity contribution in [2.45, 2.75) is 16.7 Å². The first kappa shape index (κ1) is 13.0. The molecule has 0 heterocycles. The molecular formula is C19H16S. The van der Waals surface area contributed by atoms with Gasteiger partial charge in [0.25, 0.3) is 0 Å². The molecule has 0 aliphatic heterocycles. The van der Waals surface area contributed by atoms with Crippen LogP contribution in [0.15, 0.2) is 82.6 Å².